The predicted molar refractivity (Wildman–Crippen MR) is 154 cm³/mol. The summed E-state index contributed by atoms with van der Waals surface area (Å²) in [7, 11) is 0. The molecule has 4 aromatic rings. The largest absolute Gasteiger partial charge is 0.488 e. The molecular weight excluding hydrogens is 532 g/mol. The Balaban J connectivity index is 1.29. The van der Waals surface area contributed by atoms with Gasteiger partial charge in [0.1, 0.15) is 29.8 Å². The molecule has 1 unspecified atom stereocenters. The number of halogens is 1. The number of aliphatic hydroxyl groups excluding tert-OH is 1. The van der Waals surface area contributed by atoms with E-state index in [1.54, 1.807) is 36.1 Å². The van der Waals surface area contributed by atoms with E-state index >= 15 is 0 Å². The van der Waals surface area contributed by atoms with Gasteiger partial charge >= 0.3 is 5.63 Å². The molecule has 1 atom stereocenters. The van der Waals surface area contributed by atoms with Gasteiger partial charge in [-0.1, -0.05) is 36.4 Å². The number of furan rings is 1. The van der Waals surface area contributed by atoms with Gasteiger partial charge in [-0.05, 0) is 49.2 Å². The molecule has 0 saturated carbocycles. The Morgan fingerprint density at radius 2 is 1.90 bits per heavy atom. The number of fused-ring (bicyclic) bond motifs is 1. The van der Waals surface area contributed by atoms with Crippen molar-refractivity contribution in [1.82, 2.24) is 4.90 Å². The molecule has 1 amide bonds. The van der Waals surface area contributed by atoms with E-state index in [1.807, 2.05) is 31.2 Å². The van der Waals surface area contributed by atoms with Gasteiger partial charge < -0.3 is 28.5 Å². The number of para-hydroxylation sites is 1. The highest BCUT2D eigenvalue weighted by atomic mass is 35.5. The Morgan fingerprint density at radius 1 is 1.15 bits per heavy atom. The summed E-state index contributed by atoms with van der Waals surface area (Å²) < 4.78 is 16.6. The van der Waals surface area contributed by atoms with Gasteiger partial charge in [-0.2, -0.15) is 0 Å². The fourth-order valence-electron chi connectivity index (χ4n) is 4.97. The molecule has 0 bridgehead atoms. The number of amides is 1. The van der Waals surface area contributed by atoms with Crippen LogP contribution in [-0.2, 0) is 11.2 Å². The summed E-state index contributed by atoms with van der Waals surface area (Å²) in [5.41, 5.74) is 3.25. The summed E-state index contributed by atoms with van der Waals surface area (Å²) in [6, 6.07) is 14.4. The number of hydrogen-bond donors (Lipinski definition) is 1. The van der Waals surface area contributed by atoms with Gasteiger partial charge in [0.15, 0.2) is 0 Å². The second-order valence-electron chi connectivity index (χ2n) is 10.0. The lowest BCUT2D eigenvalue weighted by molar-refractivity contribution is -0.130. The van der Waals surface area contributed by atoms with E-state index in [2.05, 4.69) is 11.5 Å². The molecule has 1 aliphatic heterocycles. The van der Waals surface area contributed by atoms with Crippen molar-refractivity contribution in [2.75, 3.05) is 37.7 Å². The molecule has 1 fully saturated rings. The van der Waals surface area contributed by atoms with Gasteiger partial charge in [0.25, 0.3) is 0 Å². The summed E-state index contributed by atoms with van der Waals surface area (Å²) in [5.74, 6) is 0.730. The maximum absolute atomic E-state index is 13.3. The van der Waals surface area contributed by atoms with Gasteiger partial charge in [-0.3, -0.25) is 4.79 Å². The first kappa shape index (κ1) is 27.6. The quantitative estimate of drug-likeness (QED) is 0.231. The second kappa shape index (κ2) is 11.6. The lowest BCUT2D eigenvalue weighted by Crippen LogP contribution is -2.49. The van der Waals surface area contributed by atoms with Crippen molar-refractivity contribution in [2.24, 2.45) is 0 Å². The van der Waals surface area contributed by atoms with Crippen LogP contribution in [0, 0.1) is 6.92 Å². The first-order valence-electron chi connectivity index (χ1n) is 13.1. The molecule has 0 aliphatic carbocycles. The third-order valence-corrected chi connectivity index (χ3v) is 7.45. The fourth-order valence-corrected chi connectivity index (χ4v) is 5.19. The first-order chi connectivity index (χ1) is 19.2. The zero-order chi connectivity index (χ0) is 28.4. The Morgan fingerprint density at radius 3 is 2.60 bits per heavy atom. The summed E-state index contributed by atoms with van der Waals surface area (Å²) in [5, 5.41) is 11.9. The first-order valence-corrected chi connectivity index (χ1v) is 13.5. The maximum Gasteiger partial charge on any atom is 0.340 e. The topological polar surface area (TPSA) is 96.4 Å². The number of carbonyl (C=O) groups excluding carboxylic acids is 1. The zero-order valence-corrected chi connectivity index (χ0v) is 23.2. The molecule has 1 aliphatic rings. The van der Waals surface area contributed by atoms with Crippen molar-refractivity contribution < 1.29 is 23.5 Å². The van der Waals surface area contributed by atoms with Crippen molar-refractivity contribution in [1.29, 1.82) is 0 Å². The molecule has 1 N–H and O–H groups in total. The van der Waals surface area contributed by atoms with Crippen LogP contribution >= 0.6 is 11.6 Å². The fraction of sp³-hybridized carbons (Fsp3) is 0.290. The SMILES string of the molecule is C=C(C)COc1cc2oc(=O)c(CC(=O)N3CCN(c4ccccc4C(O)c4ccco4)CC3)c(C)c2cc1Cl. The minimum Gasteiger partial charge on any atom is -0.488 e. The van der Waals surface area contributed by atoms with Crippen molar-refractivity contribution in [3.8, 4) is 5.75 Å². The van der Waals surface area contributed by atoms with E-state index in [-0.39, 0.29) is 12.3 Å². The molecule has 3 heterocycles. The average Bonchev–Trinajstić information content (AvgIpc) is 3.49. The molecule has 2 aromatic heterocycles. The maximum atomic E-state index is 13.3. The molecule has 2 aromatic carbocycles. The van der Waals surface area contributed by atoms with Crippen LogP contribution in [0.15, 0.2) is 80.6 Å². The number of aryl methyl sites for hydroxylation is 1. The molecule has 0 spiro atoms. The number of benzene rings is 2. The van der Waals surface area contributed by atoms with Gasteiger partial charge in [-0.25, -0.2) is 4.79 Å². The smallest absolute Gasteiger partial charge is 0.340 e. The van der Waals surface area contributed by atoms with Gasteiger partial charge in [0, 0.05) is 48.9 Å². The van der Waals surface area contributed by atoms with E-state index in [0.29, 0.717) is 71.4 Å². The summed E-state index contributed by atoms with van der Waals surface area (Å²) in [6.45, 7) is 9.89. The summed E-state index contributed by atoms with van der Waals surface area (Å²) >= 11 is 6.43. The van der Waals surface area contributed by atoms with Crippen LogP contribution in [0.4, 0.5) is 5.69 Å². The normalized spacial score (nSPS) is 14.4. The van der Waals surface area contributed by atoms with E-state index < -0.39 is 11.7 Å². The molecule has 40 heavy (non-hydrogen) atoms. The Kier molecular flexibility index (Phi) is 8.00. The van der Waals surface area contributed by atoms with Crippen LogP contribution in [0.3, 0.4) is 0 Å². The number of ether oxygens (including phenoxy) is 1. The lowest BCUT2D eigenvalue weighted by atomic mass is 10.0. The highest BCUT2D eigenvalue weighted by Crippen LogP contribution is 2.33. The lowest BCUT2D eigenvalue weighted by Gasteiger charge is -2.37. The number of hydrogen-bond acceptors (Lipinski definition) is 7. The van der Waals surface area contributed by atoms with Crippen LogP contribution in [-0.4, -0.2) is 48.7 Å². The molecular formula is C31H31ClN2O6. The van der Waals surface area contributed by atoms with E-state index in [0.717, 1.165) is 16.8 Å². The molecule has 8 nitrogen and oxygen atoms in total. The summed E-state index contributed by atoms with van der Waals surface area (Å²) in [4.78, 5) is 30.1. The Bertz CT molecular complexity index is 1600. The van der Waals surface area contributed by atoms with E-state index in [1.165, 1.54) is 6.26 Å². The van der Waals surface area contributed by atoms with Gasteiger partial charge in [0.2, 0.25) is 5.91 Å². The van der Waals surface area contributed by atoms with Crippen LogP contribution in [0.25, 0.3) is 11.0 Å². The number of anilines is 1. The average molecular weight is 563 g/mol. The number of nitrogens with zero attached hydrogens (tertiary/aromatic N) is 2. The number of aliphatic hydroxyl groups is 1. The van der Waals surface area contributed by atoms with Gasteiger partial charge in [-0.15, -0.1) is 0 Å². The third-order valence-electron chi connectivity index (χ3n) is 7.16. The Hall–Kier alpha value is -4.01. The molecule has 0 radical (unpaired) electrons. The molecule has 208 valence electrons. The molecule has 5 rings (SSSR count). The number of rotatable bonds is 8. The predicted octanol–water partition coefficient (Wildman–Crippen LogP) is 5.28. The highest BCUT2D eigenvalue weighted by Gasteiger charge is 2.26. The van der Waals surface area contributed by atoms with Crippen molar-refractivity contribution in [2.45, 2.75) is 26.4 Å². The summed E-state index contributed by atoms with van der Waals surface area (Å²) in [6.07, 6.45) is 0.585. The Labute approximate surface area is 237 Å². The third kappa shape index (κ3) is 5.64. The zero-order valence-electron chi connectivity index (χ0n) is 22.5. The van der Waals surface area contributed by atoms with Crippen LogP contribution in [0.5, 0.6) is 5.75 Å². The van der Waals surface area contributed by atoms with Crippen molar-refractivity contribution in [3.63, 3.8) is 0 Å². The minimum atomic E-state index is -0.886. The standard InChI is InChI=1S/C31H31ClN2O6/c1-19(2)18-39-28-17-27-22(15-24(28)32)20(3)23(31(37)40-27)16-29(35)34-12-10-33(11-13-34)25-8-5-4-7-21(25)30(36)26-9-6-14-38-26/h4-9,14-15,17,30,36H,1,10-13,16,18H2,2-3H3. The second-order valence-corrected chi connectivity index (χ2v) is 10.4. The van der Waals surface area contributed by atoms with Crippen LogP contribution in [0.2, 0.25) is 5.02 Å². The van der Waals surface area contributed by atoms with Crippen molar-refractivity contribution in [3.05, 3.63) is 105 Å². The van der Waals surface area contributed by atoms with Crippen molar-refractivity contribution >= 4 is 34.2 Å². The van der Waals surface area contributed by atoms with E-state index in [9.17, 15) is 14.7 Å². The van der Waals surface area contributed by atoms with E-state index in [4.69, 9.17) is 25.2 Å². The molecule has 9 heteroatoms. The van der Waals surface area contributed by atoms with Crippen LogP contribution in [0.1, 0.15) is 35.5 Å². The molecule has 1 saturated heterocycles. The number of piperazine rings is 1. The van der Waals surface area contributed by atoms with Gasteiger partial charge in [0.05, 0.1) is 23.3 Å². The monoisotopic (exact) mass is 562 g/mol. The number of carbonyl (C=O) groups is 1. The minimum absolute atomic E-state index is 0.0660. The highest BCUT2D eigenvalue weighted by molar-refractivity contribution is 6.32. The van der Waals surface area contributed by atoms with Crippen LogP contribution < -0.4 is 15.3 Å².